The first kappa shape index (κ1) is 19.3. The Morgan fingerprint density at radius 2 is 2.04 bits per heavy atom. The van der Waals surface area contributed by atoms with Gasteiger partial charge in [-0.2, -0.15) is 0 Å². The molecule has 25 heavy (non-hydrogen) atoms. The number of hydrogen-bond donors (Lipinski definition) is 0. The van der Waals surface area contributed by atoms with Crippen molar-refractivity contribution in [2.75, 3.05) is 38.4 Å². The Bertz CT molecular complexity index is 734. The molecule has 1 aromatic rings. The molecule has 0 N–H and O–H groups in total. The third-order valence-electron chi connectivity index (χ3n) is 3.90. The van der Waals surface area contributed by atoms with E-state index in [1.165, 1.54) is 24.1 Å². The largest absolute Gasteiger partial charge is 0.461 e. The number of carbonyl (C=O) groups excluding carboxylic acids is 2. The molecule has 1 aliphatic heterocycles. The van der Waals surface area contributed by atoms with Gasteiger partial charge in [-0.25, -0.2) is 18.2 Å². The van der Waals surface area contributed by atoms with Gasteiger partial charge in [-0.15, -0.1) is 0 Å². The topological polar surface area (TPSA) is 103 Å². The molecule has 1 atom stereocenters. The molecular weight excluding hydrogens is 348 g/mol. The Hall–Kier alpha value is -2.00. The molecular formula is C16H22N2O6S. The Morgan fingerprint density at radius 3 is 2.64 bits per heavy atom. The van der Waals surface area contributed by atoms with Gasteiger partial charge >= 0.3 is 5.97 Å². The van der Waals surface area contributed by atoms with Gasteiger partial charge in [0.1, 0.15) is 11.4 Å². The van der Waals surface area contributed by atoms with Crippen molar-refractivity contribution in [3.8, 4) is 0 Å². The first-order chi connectivity index (χ1) is 11.9. The number of aromatic nitrogens is 1. The van der Waals surface area contributed by atoms with Crippen molar-refractivity contribution < 1.29 is 27.5 Å². The summed E-state index contributed by atoms with van der Waals surface area (Å²) in [5.41, 5.74) is 0.115. The predicted molar refractivity (Wildman–Crippen MR) is 90.2 cm³/mol. The van der Waals surface area contributed by atoms with E-state index in [2.05, 4.69) is 4.98 Å². The lowest BCUT2D eigenvalue weighted by atomic mass is 10.2. The van der Waals surface area contributed by atoms with Crippen molar-refractivity contribution in [3.63, 3.8) is 0 Å². The van der Waals surface area contributed by atoms with Crippen LogP contribution < -0.4 is 0 Å². The smallest absolute Gasteiger partial charge is 0.356 e. The molecule has 1 amide bonds. The zero-order valence-electron chi connectivity index (χ0n) is 14.3. The van der Waals surface area contributed by atoms with Gasteiger partial charge in [0.25, 0.3) is 5.91 Å². The Kier molecular flexibility index (Phi) is 6.49. The van der Waals surface area contributed by atoms with E-state index in [0.29, 0.717) is 6.42 Å². The summed E-state index contributed by atoms with van der Waals surface area (Å²) in [6.45, 7) is 2.42. The van der Waals surface area contributed by atoms with Crippen LogP contribution in [0.4, 0.5) is 0 Å². The standard InChI is InChI=1S/C16H22N2O6S/c1-3-24-16(20)14-6-4-5-13(17-14)15(19)18(8-9-23-2)12-7-10-25(21,22)11-12/h4-6,12H,3,7-11H2,1-2H3. The fourth-order valence-electron chi connectivity index (χ4n) is 2.68. The van der Waals surface area contributed by atoms with Crippen LogP contribution in [0.2, 0.25) is 0 Å². The highest BCUT2D eigenvalue weighted by Gasteiger charge is 2.35. The Labute approximate surface area is 147 Å². The molecule has 9 heteroatoms. The van der Waals surface area contributed by atoms with E-state index in [0.717, 1.165) is 0 Å². The number of ether oxygens (including phenoxy) is 2. The number of hydrogen-bond acceptors (Lipinski definition) is 7. The molecule has 1 fully saturated rings. The molecule has 1 unspecified atom stereocenters. The van der Waals surface area contributed by atoms with Crippen LogP contribution in [0.15, 0.2) is 18.2 Å². The van der Waals surface area contributed by atoms with E-state index >= 15 is 0 Å². The van der Waals surface area contributed by atoms with Crippen LogP contribution in [0, 0.1) is 0 Å². The van der Waals surface area contributed by atoms with Crippen molar-refractivity contribution in [1.82, 2.24) is 9.88 Å². The van der Waals surface area contributed by atoms with Crippen LogP contribution in [-0.2, 0) is 19.3 Å². The maximum Gasteiger partial charge on any atom is 0.356 e. The predicted octanol–water partition coefficient (Wildman–Crippen LogP) is 0.534. The van der Waals surface area contributed by atoms with Crippen molar-refractivity contribution in [3.05, 3.63) is 29.6 Å². The molecule has 2 heterocycles. The summed E-state index contributed by atoms with van der Waals surface area (Å²) in [7, 11) is -1.63. The van der Waals surface area contributed by atoms with E-state index in [9.17, 15) is 18.0 Å². The van der Waals surface area contributed by atoms with E-state index in [4.69, 9.17) is 9.47 Å². The second kappa shape index (κ2) is 8.39. The van der Waals surface area contributed by atoms with Gasteiger partial charge in [0, 0.05) is 19.7 Å². The van der Waals surface area contributed by atoms with Gasteiger partial charge < -0.3 is 14.4 Å². The first-order valence-electron chi connectivity index (χ1n) is 8.02. The van der Waals surface area contributed by atoms with Crippen LogP contribution in [0.1, 0.15) is 34.3 Å². The maximum absolute atomic E-state index is 12.8. The minimum absolute atomic E-state index is 0.0402. The van der Waals surface area contributed by atoms with E-state index in [-0.39, 0.29) is 42.7 Å². The van der Waals surface area contributed by atoms with Crippen molar-refractivity contribution >= 4 is 21.7 Å². The van der Waals surface area contributed by atoms with Gasteiger partial charge in [0.05, 0.1) is 24.7 Å². The first-order valence-corrected chi connectivity index (χ1v) is 9.84. The number of nitrogens with zero attached hydrogens (tertiary/aromatic N) is 2. The lowest BCUT2D eigenvalue weighted by Crippen LogP contribution is -2.43. The molecule has 0 spiro atoms. The van der Waals surface area contributed by atoms with E-state index in [1.807, 2.05) is 0 Å². The number of methoxy groups -OCH3 is 1. The molecule has 0 radical (unpaired) electrons. The SMILES string of the molecule is CCOC(=O)c1cccc(C(=O)N(CCOC)C2CCS(=O)(=O)C2)n1. The highest BCUT2D eigenvalue weighted by molar-refractivity contribution is 7.91. The van der Waals surface area contributed by atoms with Crippen LogP contribution in [0.3, 0.4) is 0 Å². The van der Waals surface area contributed by atoms with E-state index < -0.39 is 27.8 Å². The summed E-state index contributed by atoms with van der Waals surface area (Å²) in [6.07, 6.45) is 0.384. The highest BCUT2D eigenvalue weighted by Crippen LogP contribution is 2.19. The lowest BCUT2D eigenvalue weighted by molar-refractivity contribution is 0.0518. The second-order valence-corrected chi connectivity index (χ2v) is 7.91. The average molecular weight is 370 g/mol. The van der Waals surface area contributed by atoms with Gasteiger partial charge in [-0.05, 0) is 25.5 Å². The maximum atomic E-state index is 12.8. The summed E-state index contributed by atoms with van der Waals surface area (Å²) in [6, 6.07) is 4.09. The Balaban J connectivity index is 2.24. The zero-order valence-corrected chi connectivity index (χ0v) is 15.1. The molecule has 0 bridgehead atoms. The van der Waals surface area contributed by atoms with Crippen molar-refractivity contribution in [2.24, 2.45) is 0 Å². The highest BCUT2D eigenvalue weighted by atomic mass is 32.2. The minimum Gasteiger partial charge on any atom is -0.461 e. The number of amides is 1. The molecule has 0 saturated carbocycles. The number of sulfone groups is 1. The number of rotatable bonds is 7. The van der Waals surface area contributed by atoms with Crippen molar-refractivity contribution in [1.29, 1.82) is 0 Å². The zero-order chi connectivity index (χ0) is 18.4. The fourth-order valence-corrected chi connectivity index (χ4v) is 4.41. The van der Waals surface area contributed by atoms with Crippen LogP contribution in [0.25, 0.3) is 0 Å². The summed E-state index contributed by atoms with van der Waals surface area (Å²) < 4.78 is 33.4. The minimum atomic E-state index is -3.14. The monoisotopic (exact) mass is 370 g/mol. The fraction of sp³-hybridized carbons (Fsp3) is 0.562. The third-order valence-corrected chi connectivity index (χ3v) is 5.65. The lowest BCUT2D eigenvalue weighted by Gasteiger charge is -2.27. The van der Waals surface area contributed by atoms with Gasteiger partial charge in [0.2, 0.25) is 0 Å². The molecule has 0 aromatic carbocycles. The van der Waals surface area contributed by atoms with Crippen LogP contribution in [-0.4, -0.2) is 74.6 Å². The summed E-state index contributed by atoms with van der Waals surface area (Å²) in [5, 5.41) is 0. The normalized spacial score (nSPS) is 18.7. The molecule has 1 saturated heterocycles. The van der Waals surface area contributed by atoms with Crippen LogP contribution in [0.5, 0.6) is 0 Å². The van der Waals surface area contributed by atoms with E-state index in [1.54, 1.807) is 13.0 Å². The quantitative estimate of drug-likeness (QED) is 0.645. The third kappa shape index (κ3) is 4.99. The summed E-state index contributed by atoms with van der Waals surface area (Å²) in [5.74, 6) is -1.04. The average Bonchev–Trinajstić information content (AvgIpc) is 2.95. The van der Waals surface area contributed by atoms with Gasteiger partial charge in [-0.1, -0.05) is 6.07 Å². The summed E-state index contributed by atoms with van der Waals surface area (Å²) >= 11 is 0. The molecule has 0 aliphatic carbocycles. The second-order valence-electron chi connectivity index (χ2n) is 5.68. The van der Waals surface area contributed by atoms with Crippen LogP contribution >= 0.6 is 0 Å². The molecule has 138 valence electrons. The number of esters is 1. The molecule has 1 aromatic heterocycles. The molecule has 1 aliphatic rings. The van der Waals surface area contributed by atoms with Gasteiger partial charge in [-0.3, -0.25) is 4.79 Å². The molecule has 2 rings (SSSR count). The Morgan fingerprint density at radius 1 is 1.32 bits per heavy atom. The molecule has 8 nitrogen and oxygen atoms in total. The summed E-state index contributed by atoms with van der Waals surface area (Å²) in [4.78, 5) is 30.2. The number of carbonyl (C=O) groups is 2. The van der Waals surface area contributed by atoms with Crippen molar-refractivity contribution in [2.45, 2.75) is 19.4 Å². The number of pyridine rings is 1. The van der Waals surface area contributed by atoms with Gasteiger partial charge in [0.15, 0.2) is 9.84 Å².